The molecule has 0 aliphatic carbocycles. The molecule has 4 heteroatoms. The summed E-state index contributed by atoms with van der Waals surface area (Å²) in [6.07, 6.45) is 2.05. The minimum atomic E-state index is 0. The Morgan fingerprint density at radius 1 is 1.19 bits per heavy atom. The molecule has 88 valence electrons. The Morgan fingerprint density at radius 2 is 1.81 bits per heavy atom. The zero-order valence-electron chi connectivity index (χ0n) is 9.20. The number of benzene rings is 1. The number of hydrogen-bond donors (Lipinski definition) is 2. The molecule has 0 spiro atoms. The van der Waals surface area contributed by atoms with Crippen LogP contribution in [-0.2, 0) is 0 Å². The van der Waals surface area contributed by atoms with E-state index < -0.39 is 0 Å². The van der Waals surface area contributed by atoms with Gasteiger partial charge in [0.25, 0.3) is 5.91 Å². The van der Waals surface area contributed by atoms with E-state index in [-0.39, 0.29) is 11.4 Å². The smallest absolute Gasteiger partial charge is 0.251 e. The molecule has 0 bridgehead atoms. The van der Waals surface area contributed by atoms with Crippen molar-refractivity contribution in [3.05, 3.63) is 35.9 Å². The summed E-state index contributed by atoms with van der Waals surface area (Å²) < 4.78 is 0. The number of rotatable bonds is 2. The first kappa shape index (κ1) is 12.7. The molecule has 1 amide bonds. The summed E-state index contributed by atoms with van der Waals surface area (Å²) >= 11 is 0. The van der Waals surface area contributed by atoms with Gasteiger partial charge in [0.05, 0.1) is 0 Å². The average Bonchev–Trinajstić information content (AvgIpc) is 2.31. The SMILES string of the molecule is O.O=C(NC1CCNCC1)c1ccccc1. The zero-order valence-corrected chi connectivity index (χ0v) is 9.20. The normalized spacial score (nSPS) is 16.2. The number of hydrogen-bond acceptors (Lipinski definition) is 2. The van der Waals surface area contributed by atoms with Gasteiger partial charge in [-0.05, 0) is 38.1 Å². The molecule has 1 saturated heterocycles. The third-order valence-corrected chi connectivity index (χ3v) is 2.71. The van der Waals surface area contributed by atoms with Crippen molar-refractivity contribution in [1.29, 1.82) is 0 Å². The highest BCUT2D eigenvalue weighted by atomic mass is 16.1. The Bertz CT molecular complexity index is 321. The van der Waals surface area contributed by atoms with Crippen LogP contribution in [0.4, 0.5) is 0 Å². The number of piperidine rings is 1. The summed E-state index contributed by atoms with van der Waals surface area (Å²) in [5.74, 6) is 0.0440. The van der Waals surface area contributed by atoms with E-state index in [0.717, 1.165) is 31.5 Å². The Labute approximate surface area is 95.4 Å². The van der Waals surface area contributed by atoms with Gasteiger partial charge in [0.15, 0.2) is 0 Å². The van der Waals surface area contributed by atoms with Crippen LogP contribution < -0.4 is 10.6 Å². The maximum absolute atomic E-state index is 11.8. The molecule has 4 nitrogen and oxygen atoms in total. The van der Waals surface area contributed by atoms with Crippen LogP contribution in [0.1, 0.15) is 23.2 Å². The monoisotopic (exact) mass is 222 g/mol. The number of nitrogens with one attached hydrogen (secondary N) is 2. The van der Waals surface area contributed by atoms with Gasteiger partial charge in [-0.1, -0.05) is 18.2 Å². The predicted octanol–water partition coefficient (Wildman–Crippen LogP) is 0.344. The molecule has 0 unspecified atom stereocenters. The quantitative estimate of drug-likeness (QED) is 0.757. The van der Waals surface area contributed by atoms with E-state index in [2.05, 4.69) is 10.6 Å². The standard InChI is InChI=1S/C12H16N2O.H2O/c15-12(10-4-2-1-3-5-10)14-11-6-8-13-9-7-11;/h1-5,11,13H,6-9H2,(H,14,15);1H2. The van der Waals surface area contributed by atoms with Gasteiger partial charge in [-0.15, -0.1) is 0 Å². The van der Waals surface area contributed by atoms with Crippen molar-refractivity contribution in [2.75, 3.05) is 13.1 Å². The lowest BCUT2D eigenvalue weighted by Crippen LogP contribution is -2.42. The molecule has 16 heavy (non-hydrogen) atoms. The third-order valence-electron chi connectivity index (χ3n) is 2.71. The molecule has 1 aromatic carbocycles. The van der Waals surface area contributed by atoms with Crippen molar-refractivity contribution in [3.63, 3.8) is 0 Å². The fourth-order valence-corrected chi connectivity index (χ4v) is 1.82. The molecule has 0 atom stereocenters. The minimum absolute atomic E-state index is 0. The van der Waals surface area contributed by atoms with Crippen molar-refractivity contribution in [3.8, 4) is 0 Å². The average molecular weight is 222 g/mol. The van der Waals surface area contributed by atoms with Crippen molar-refractivity contribution in [2.45, 2.75) is 18.9 Å². The van der Waals surface area contributed by atoms with Crippen LogP contribution in [0.3, 0.4) is 0 Å². The van der Waals surface area contributed by atoms with Crippen molar-refractivity contribution < 1.29 is 10.3 Å². The Balaban J connectivity index is 0.00000128. The second-order valence-electron chi connectivity index (χ2n) is 3.86. The summed E-state index contributed by atoms with van der Waals surface area (Å²) in [6, 6.07) is 9.71. The lowest BCUT2D eigenvalue weighted by molar-refractivity contribution is 0.0929. The summed E-state index contributed by atoms with van der Waals surface area (Å²) in [5.41, 5.74) is 0.746. The van der Waals surface area contributed by atoms with E-state index in [0.29, 0.717) is 6.04 Å². The molecule has 4 N–H and O–H groups in total. The summed E-state index contributed by atoms with van der Waals surface area (Å²) in [4.78, 5) is 11.8. The van der Waals surface area contributed by atoms with Crippen LogP contribution in [0.5, 0.6) is 0 Å². The molecule has 2 rings (SSSR count). The van der Waals surface area contributed by atoms with Crippen LogP contribution in [0.15, 0.2) is 30.3 Å². The van der Waals surface area contributed by atoms with Gasteiger partial charge in [0.1, 0.15) is 0 Å². The first-order chi connectivity index (χ1) is 7.36. The Morgan fingerprint density at radius 3 is 2.44 bits per heavy atom. The van der Waals surface area contributed by atoms with Gasteiger partial charge < -0.3 is 16.1 Å². The largest absolute Gasteiger partial charge is 0.412 e. The minimum Gasteiger partial charge on any atom is -0.412 e. The summed E-state index contributed by atoms with van der Waals surface area (Å²) in [7, 11) is 0. The summed E-state index contributed by atoms with van der Waals surface area (Å²) in [5, 5.41) is 6.33. The Hall–Kier alpha value is -1.39. The maximum Gasteiger partial charge on any atom is 0.251 e. The molecule has 1 heterocycles. The molecule has 1 aliphatic heterocycles. The zero-order chi connectivity index (χ0) is 10.5. The fraction of sp³-hybridized carbons (Fsp3) is 0.417. The van der Waals surface area contributed by atoms with Crippen molar-refractivity contribution in [2.24, 2.45) is 0 Å². The van der Waals surface area contributed by atoms with Gasteiger partial charge >= 0.3 is 0 Å². The van der Waals surface area contributed by atoms with Gasteiger partial charge in [-0.3, -0.25) is 4.79 Å². The van der Waals surface area contributed by atoms with Crippen molar-refractivity contribution in [1.82, 2.24) is 10.6 Å². The highest BCUT2D eigenvalue weighted by Crippen LogP contribution is 2.04. The van der Waals surface area contributed by atoms with E-state index in [1.165, 1.54) is 0 Å². The first-order valence-corrected chi connectivity index (χ1v) is 5.43. The van der Waals surface area contributed by atoms with E-state index >= 15 is 0 Å². The Kier molecular flexibility index (Phi) is 4.95. The molecule has 1 aliphatic rings. The van der Waals surface area contributed by atoms with Crippen molar-refractivity contribution >= 4 is 5.91 Å². The fourth-order valence-electron chi connectivity index (χ4n) is 1.82. The maximum atomic E-state index is 11.8. The molecular weight excluding hydrogens is 204 g/mol. The molecular formula is C12H18N2O2. The van der Waals surface area contributed by atoms with Crippen LogP contribution >= 0.6 is 0 Å². The van der Waals surface area contributed by atoms with E-state index in [4.69, 9.17) is 0 Å². The van der Waals surface area contributed by atoms with Gasteiger partial charge in [-0.25, -0.2) is 0 Å². The van der Waals surface area contributed by atoms with Gasteiger partial charge in [-0.2, -0.15) is 0 Å². The van der Waals surface area contributed by atoms with E-state index in [1.807, 2.05) is 30.3 Å². The first-order valence-electron chi connectivity index (χ1n) is 5.43. The predicted molar refractivity (Wildman–Crippen MR) is 63.4 cm³/mol. The summed E-state index contributed by atoms with van der Waals surface area (Å²) in [6.45, 7) is 2.00. The van der Waals surface area contributed by atoms with Crippen LogP contribution in [-0.4, -0.2) is 30.5 Å². The highest BCUT2D eigenvalue weighted by molar-refractivity contribution is 5.94. The van der Waals surface area contributed by atoms with Gasteiger partial charge in [0.2, 0.25) is 0 Å². The molecule has 0 radical (unpaired) electrons. The number of amides is 1. The van der Waals surface area contributed by atoms with E-state index in [9.17, 15) is 4.79 Å². The molecule has 0 aromatic heterocycles. The van der Waals surface area contributed by atoms with Crippen LogP contribution in [0.2, 0.25) is 0 Å². The van der Waals surface area contributed by atoms with Gasteiger partial charge in [0, 0.05) is 11.6 Å². The number of carbonyl (C=O) groups excluding carboxylic acids is 1. The molecule has 1 aromatic rings. The van der Waals surface area contributed by atoms with E-state index in [1.54, 1.807) is 0 Å². The second kappa shape index (κ2) is 6.25. The second-order valence-corrected chi connectivity index (χ2v) is 3.86. The van der Waals surface area contributed by atoms with Crippen LogP contribution in [0.25, 0.3) is 0 Å². The molecule has 0 saturated carbocycles. The lowest BCUT2D eigenvalue weighted by atomic mass is 10.1. The topological polar surface area (TPSA) is 72.6 Å². The highest BCUT2D eigenvalue weighted by Gasteiger charge is 2.15. The third kappa shape index (κ3) is 3.32. The number of carbonyl (C=O) groups is 1. The lowest BCUT2D eigenvalue weighted by Gasteiger charge is -2.23. The van der Waals surface area contributed by atoms with Crippen LogP contribution in [0, 0.1) is 0 Å². The molecule has 1 fully saturated rings.